The van der Waals surface area contributed by atoms with Gasteiger partial charge in [-0.2, -0.15) is 0 Å². The van der Waals surface area contributed by atoms with Crippen LogP contribution in [0.5, 0.6) is 0 Å². The summed E-state index contributed by atoms with van der Waals surface area (Å²) in [6.07, 6.45) is 1.63. The third-order valence-corrected chi connectivity index (χ3v) is 3.25. The number of hydrogen-bond donors (Lipinski definition) is 0. The number of carbonyl (C=O) groups excluding carboxylic acids is 1. The first-order valence-corrected chi connectivity index (χ1v) is 6.22. The van der Waals surface area contributed by atoms with Crippen molar-refractivity contribution >= 4 is 44.3 Å². The van der Waals surface area contributed by atoms with Crippen LogP contribution < -0.4 is 0 Å². The second-order valence-electron chi connectivity index (χ2n) is 3.35. The fourth-order valence-electron chi connectivity index (χ4n) is 1.60. The molecule has 0 aliphatic carbocycles. The Balaban J connectivity index is 2.75. The van der Waals surface area contributed by atoms with E-state index in [0.29, 0.717) is 12.2 Å². The number of benzene rings is 1. The van der Waals surface area contributed by atoms with Gasteiger partial charge >= 0.3 is 5.97 Å². The van der Waals surface area contributed by atoms with Crippen LogP contribution in [0.1, 0.15) is 17.3 Å². The summed E-state index contributed by atoms with van der Waals surface area (Å²) in [6.45, 7) is 2.05. The first kappa shape index (κ1) is 12.3. The van der Waals surface area contributed by atoms with Gasteiger partial charge in [-0.25, -0.2) is 9.78 Å². The van der Waals surface area contributed by atoms with E-state index >= 15 is 0 Å². The summed E-state index contributed by atoms with van der Waals surface area (Å²) < 4.78 is 5.78. The topological polar surface area (TPSA) is 39.2 Å². The molecule has 0 N–H and O–H groups in total. The summed E-state index contributed by atoms with van der Waals surface area (Å²) in [5.74, 6) is -0.456. The number of fused-ring (bicyclic) bond motifs is 1. The summed E-state index contributed by atoms with van der Waals surface area (Å²) >= 11 is 9.38. The third kappa shape index (κ3) is 2.28. The Morgan fingerprint density at radius 1 is 1.53 bits per heavy atom. The van der Waals surface area contributed by atoms with E-state index in [0.717, 1.165) is 15.2 Å². The van der Waals surface area contributed by atoms with Gasteiger partial charge in [0.1, 0.15) is 10.7 Å². The summed E-state index contributed by atoms with van der Waals surface area (Å²) in [5.41, 5.74) is 0.304. The Labute approximate surface area is 112 Å². The van der Waals surface area contributed by atoms with Crippen LogP contribution in [-0.4, -0.2) is 17.6 Å². The van der Waals surface area contributed by atoms with E-state index in [4.69, 9.17) is 16.3 Å². The van der Waals surface area contributed by atoms with Crippen molar-refractivity contribution in [3.8, 4) is 0 Å². The summed E-state index contributed by atoms with van der Waals surface area (Å²) in [4.78, 5) is 15.9. The van der Waals surface area contributed by atoms with Crippen LogP contribution in [0.15, 0.2) is 28.9 Å². The average molecular weight is 315 g/mol. The van der Waals surface area contributed by atoms with Gasteiger partial charge in [0.25, 0.3) is 0 Å². The molecular weight excluding hydrogens is 305 g/mol. The molecule has 0 aliphatic heterocycles. The zero-order chi connectivity index (χ0) is 12.4. The predicted octanol–water partition coefficient (Wildman–Crippen LogP) is 3.83. The minimum Gasteiger partial charge on any atom is -0.462 e. The highest BCUT2D eigenvalue weighted by Crippen LogP contribution is 2.30. The standard InChI is InChI=1S/C12H9BrClNO2/c1-2-17-12(16)10-9-7(6-15-11(10)14)4-3-5-8(9)13/h3-6H,2H2,1H3. The minimum atomic E-state index is -0.456. The van der Waals surface area contributed by atoms with E-state index in [1.165, 1.54) is 0 Å². The molecule has 3 nitrogen and oxygen atoms in total. The molecular formula is C12H9BrClNO2. The quantitative estimate of drug-likeness (QED) is 0.625. The van der Waals surface area contributed by atoms with Crippen LogP contribution in [0.3, 0.4) is 0 Å². The highest BCUT2D eigenvalue weighted by molar-refractivity contribution is 9.10. The lowest BCUT2D eigenvalue weighted by Gasteiger charge is -2.08. The SMILES string of the molecule is CCOC(=O)c1c(Cl)ncc2cccc(Br)c12. The molecule has 0 saturated heterocycles. The van der Waals surface area contributed by atoms with Crippen molar-refractivity contribution in [2.24, 2.45) is 0 Å². The summed E-state index contributed by atoms with van der Waals surface area (Å²) in [7, 11) is 0. The van der Waals surface area contributed by atoms with E-state index in [1.807, 2.05) is 18.2 Å². The average Bonchev–Trinajstić information content (AvgIpc) is 2.30. The van der Waals surface area contributed by atoms with E-state index in [9.17, 15) is 4.79 Å². The lowest BCUT2D eigenvalue weighted by molar-refractivity contribution is 0.0528. The smallest absolute Gasteiger partial charge is 0.341 e. The summed E-state index contributed by atoms with van der Waals surface area (Å²) in [6, 6.07) is 5.59. The monoisotopic (exact) mass is 313 g/mol. The van der Waals surface area contributed by atoms with E-state index in [2.05, 4.69) is 20.9 Å². The highest BCUT2D eigenvalue weighted by atomic mass is 79.9. The molecule has 5 heteroatoms. The van der Waals surface area contributed by atoms with Crippen molar-refractivity contribution in [2.45, 2.75) is 6.92 Å². The van der Waals surface area contributed by atoms with Gasteiger partial charge in [-0.05, 0) is 13.0 Å². The van der Waals surface area contributed by atoms with Crippen LogP contribution in [0.25, 0.3) is 10.8 Å². The fraction of sp³-hybridized carbons (Fsp3) is 0.167. The molecule has 0 radical (unpaired) electrons. The Morgan fingerprint density at radius 2 is 2.29 bits per heavy atom. The maximum absolute atomic E-state index is 11.9. The Kier molecular flexibility index (Phi) is 3.64. The predicted molar refractivity (Wildman–Crippen MR) is 70.4 cm³/mol. The van der Waals surface area contributed by atoms with Gasteiger partial charge in [0.2, 0.25) is 0 Å². The van der Waals surface area contributed by atoms with Crippen LogP contribution in [0, 0.1) is 0 Å². The Hall–Kier alpha value is -1.13. The normalized spacial score (nSPS) is 10.5. The van der Waals surface area contributed by atoms with Gasteiger partial charge in [0.05, 0.1) is 6.61 Å². The molecule has 0 spiro atoms. The number of aromatic nitrogens is 1. The molecule has 0 saturated carbocycles. The maximum atomic E-state index is 11.9. The van der Waals surface area contributed by atoms with Gasteiger partial charge in [0.15, 0.2) is 0 Å². The van der Waals surface area contributed by atoms with Crippen LogP contribution in [0.2, 0.25) is 5.15 Å². The van der Waals surface area contributed by atoms with Crippen molar-refractivity contribution in [3.63, 3.8) is 0 Å². The molecule has 0 amide bonds. The van der Waals surface area contributed by atoms with Crippen molar-refractivity contribution in [1.82, 2.24) is 4.98 Å². The molecule has 1 heterocycles. The van der Waals surface area contributed by atoms with Crippen molar-refractivity contribution in [3.05, 3.63) is 39.6 Å². The molecule has 2 rings (SSSR count). The number of hydrogen-bond acceptors (Lipinski definition) is 3. The first-order chi connectivity index (χ1) is 8.15. The number of nitrogens with zero attached hydrogens (tertiary/aromatic N) is 1. The molecule has 17 heavy (non-hydrogen) atoms. The van der Waals surface area contributed by atoms with Gasteiger partial charge in [-0.1, -0.05) is 39.7 Å². The number of halogens is 2. The largest absolute Gasteiger partial charge is 0.462 e. The zero-order valence-electron chi connectivity index (χ0n) is 9.04. The number of pyridine rings is 1. The highest BCUT2D eigenvalue weighted by Gasteiger charge is 2.18. The van der Waals surface area contributed by atoms with Crippen LogP contribution >= 0.6 is 27.5 Å². The lowest BCUT2D eigenvalue weighted by Crippen LogP contribution is -2.07. The molecule has 0 bridgehead atoms. The molecule has 0 unspecified atom stereocenters. The van der Waals surface area contributed by atoms with Gasteiger partial charge in [0, 0.05) is 21.4 Å². The maximum Gasteiger partial charge on any atom is 0.341 e. The summed E-state index contributed by atoms with van der Waals surface area (Å²) in [5, 5.41) is 1.72. The Bertz CT molecular complexity index is 586. The number of carbonyl (C=O) groups is 1. The van der Waals surface area contributed by atoms with E-state index in [1.54, 1.807) is 13.1 Å². The minimum absolute atomic E-state index is 0.155. The molecule has 0 atom stereocenters. The molecule has 88 valence electrons. The number of rotatable bonds is 2. The Morgan fingerprint density at radius 3 is 3.00 bits per heavy atom. The van der Waals surface area contributed by atoms with Crippen molar-refractivity contribution < 1.29 is 9.53 Å². The van der Waals surface area contributed by atoms with Gasteiger partial charge in [-0.3, -0.25) is 0 Å². The molecule has 0 fully saturated rings. The molecule has 1 aromatic heterocycles. The number of ether oxygens (including phenoxy) is 1. The van der Waals surface area contributed by atoms with Crippen LogP contribution in [0.4, 0.5) is 0 Å². The van der Waals surface area contributed by atoms with E-state index < -0.39 is 5.97 Å². The number of esters is 1. The van der Waals surface area contributed by atoms with Crippen molar-refractivity contribution in [1.29, 1.82) is 0 Å². The van der Waals surface area contributed by atoms with E-state index in [-0.39, 0.29) is 5.15 Å². The molecule has 1 aromatic carbocycles. The van der Waals surface area contributed by atoms with Crippen LogP contribution in [-0.2, 0) is 4.74 Å². The van der Waals surface area contributed by atoms with Gasteiger partial charge < -0.3 is 4.74 Å². The molecule has 0 aliphatic rings. The lowest BCUT2D eigenvalue weighted by atomic mass is 10.1. The fourth-order valence-corrected chi connectivity index (χ4v) is 2.40. The second-order valence-corrected chi connectivity index (χ2v) is 4.56. The van der Waals surface area contributed by atoms with Gasteiger partial charge in [-0.15, -0.1) is 0 Å². The third-order valence-electron chi connectivity index (χ3n) is 2.30. The first-order valence-electron chi connectivity index (χ1n) is 5.05. The zero-order valence-corrected chi connectivity index (χ0v) is 11.4. The second kappa shape index (κ2) is 5.02. The van der Waals surface area contributed by atoms with Crippen molar-refractivity contribution in [2.75, 3.05) is 6.61 Å². The molecule has 2 aromatic rings.